The number of halogens is 1. The zero-order valence-electron chi connectivity index (χ0n) is 8.04. The quantitative estimate of drug-likeness (QED) is 0.753. The van der Waals surface area contributed by atoms with Crippen LogP contribution in [0.4, 0.5) is 4.39 Å². The van der Waals surface area contributed by atoms with Gasteiger partial charge in [-0.15, -0.1) is 0 Å². The number of rotatable bonds is 2. The van der Waals surface area contributed by atoms with Crippen molar-refractivity contribution in [1.29, 1.82) is 0 Å². The van der Waals surface area contributed by atoms with Crippen LogP contribution in [0.15, 0.2) is 18.2 Å². The molecule has 1 aromatic carbocycles. The lowest BCUT2D eigenvalue weighted by Crippen LogP contribution is -2.42. The number of hydrogen-bond donors (Lipinski definition) is 2. The summed E-state index contributed by atoms with van der Waals surface area (Å²) in [5.41, 5.74) is 4.53. The van der Waals surface area contributed by atoms with Crippen LogP contribution in [-0.2, 0) is 10.3 Å². The molecular weight excluding hydrogens is 185 g/mol. The van der Waals surface area contributed by atoms with E-state index < -0.39 is 17.3 Å². The van der Waals surface area contributed by atoms with Crippen LogP contribution in [0.5, 0.6) is 0 Å². The number of carbonyl (C=O) groups is 1. The fourth-order valence-electron chi connectivity index (χ4n) is 1.16. The third-order valence-corrected chi connectivity index (χ3v) is 2.13. The second-order valence-electron chi connectivity index (χ2n) is 3.49. The zero-order chi connectivity index (χ0) is 10.9. The molecule has 0 amide bonds. The summed E-state index contributed by atoms with van der Waals surface area (Å²) in [6.07, 6.45) is 0. The molecule has 0 bridgehead atoms. The van der Waals surface area contributed by atoms with E-state index in [1.54, 1.807) is 13.0 Å². The van der Waals surface area contributed by atoms with Gasteiger partial charge in [-0.1, -0.05) is 12.1 Å². The fourth-order valence-corrected chi connectivity index (χ4v) is 1.16. The van der Waals surface area contributed by atoms with Crippen molar-refractivity contribution in [3.63, 3.8) is 0 Å². The molecule has 3 N–H and O–H groups in total. The first kappa shape index (κ1) is 10.7. The number of nitrogens with two attached hydrogens (primary N) is 1. The molecule has 1 aromatic rings. The Morgan fingerprint density at radius 2 is 2.14 bits per heavy atom. The lowest BCUT2D eigenvalue weighted by Gasteiger charge is -2.20. The SMILES string of the molecule is Cc1ccc(C(C)(N)C(=O)O)c(F)c1. The van der Waals surface area contributed by atoms with E-state index in [0.717, 1.165) is 5.56 Å². The third-order valence-electron chi connectivity index (χ3n) is 2.13. The number of aryl methyl sites for hydroxylation is 1. The highest BCUT2D eigenvalue weighted by atomic mass is 19.1. The van der Waals surface area contributed by atoms with E-state index in [4.69, 9.17) is 10.8 Å². The number of benzene rings is 1. The number of aliphatic carboxylic acids is 1. The average Bonchev–Trinajstić information content (AvgIpc) is 2.02. The monoisotopic (exact) mass is 197 g/mol. The van der Waals surface area contributed by atoms with Crippen LogP contribution in [0.25, 0.3) is 0 Å². The van der Waals surface area contributed by atoms with E-state index in [0.29, 0.717) is 0 Å². The maximum atomic E-state index is 13.4. The van der Waals surface area contributed by atoms with E-state index >= 15 is 0 Å². The van der Waals surface area contributed by atoms with Crippen LogP contribution in [0, 0.1) is 12.7 Å². The van der Waals surface area contributed by atoms with Gasteiger partial charge < -0.3 is 10.8 Å². The lowest BCUT2D eigenvalue weighted by molar-refractivity contribution is -0.143. The van der Waals surface area contributed by atoms with Gasteiger partial charge in [-0.2, -0.15) is 0 Å². The molecule has 4 heteroatoms. The van der Waals surface area contributed by atoms with Crippen molar-refractivity contribution >= 4 is 5.97 Å². The molecule has 0 saturated heterocycles. The molecule has 0 radical (unpaired) electrons. The van der Waals surface area contributed by atoms with Gasteiger partial charge in [0.2, 0.25) is 0 Å². The Labute approximate surface area is 81.4 Å². The van der Waals surface area contributed by atoms with Crippen LogP contribution in [-0.4, -0.2) is 11.1 Å². The van der Waals surface area contributed by atoms with Crippen LogP contribution < -0.4 is 5.73 Å². The molecule has 1 rings (SSSR count). The highest BCUT2D eigenvalue weighted by molar-refractivity contribution is 5.79. The number of carboxylic acid groups (broad SMARTS) is 1. The predicted molar refractivity (Wildman–Crippen MR) is 50.3 cm³/mol. The van der Waals surface area contributed by atoms with Crippen LogP contribution in [0.3, 0.4) is 0 Å². The van der Waals surface area contributed by atoms with Crippen molar-refractivity contribution in [2.24, 2.45) is 5.73 Å². The smallest absolute Gasteiger partial charge is 0.328 e. The predicted octanol–water partition coefficient (Wildman–Crippen LogP) is 1.39. The Bertz CT molecular complexity index is 374. The molecule has 0 fully saturated rings. The van der Waals surface area contributed by atoms with Crippen molar-refractivity contribution in [2.45, 2.75) is 19.4 Å². The molecule has 0 saturated carbocycles. The third kappa shape index (κ3) is 1.75. The van der Waals surface area contributed by atoms with Crippen molar-refractivity contribution in [1.82, 2.24) is 0 Å². The Morgan fingerprint density at radius 3 is 2.57 bits per heavy atom. The fraction of sp³-hybridized carbons (Fsp3) is 0.300. The van der Waals surface area contributed by atoms with Gasteiger partial charge in [0, 0.05) is 5.56 Å². The van der Waals surface area contributed by atoms with Gasteiger partial charge in [0.25, 0.3) is 0 Å². The molecule has 76 valence electrons. The van der Waals surface area contributed by atoms with Gasteiger partial charge in [-0.3, -0.25) is 0 Å². The zero-order valence-corrected chi connectivity index (χ0v) is 8.04. The molecule has 3 nitrogen and oxygen atoms in total. The highest BCUT2D eigenvalue weighted by Gasteiger charge is 2.32. The molecule has 0 aliphatic carbocycles. The first-order valence-corrected chi connectivity index (χ1v) is 4.14. The first-order chi connectivity index (χ1) is 6.35. The minimum Gasteiger partial charge on any atom is -0.480 e. The molecule has 0 heterocycles. The topological polar surface area (TPSA) is 63.3 Å². The Balaban J connectivity index is 3.26. The summed E-state index contributed by atoms with van der Waals surface area (Å²) in [7, 11) is 0. The van der Waals surface area contributed by atoms with Crippen molar-refractivity contribution in [3.05, 3.63) is 35.1 Å². The maximum absolute atomic E-state index is 13.4. The molecule has 1 atom stereocenters. The summed E-state index contributed by atoms with van der Waals surface area (Å²) < 4.78 is 13.4. The van der Waals surface area contributed by atoms with Gasteiger partial charge in [-0.05, 0) is 25.5 Å². The average molecular weight is 197 g/mol. The second kappa shape index (κ2) is 3.38. The van der Waals surface area contributed by atoms with Gasteiger partial charge >= 0.3 is 5.97 Å². The lowest BCUT2D eigenvalue weighted by atomic mass is 9.92. The van der Waals surface area contributed by atoms with Crippen LogP contribution in [0.2, 0.25) is 0 Å². The Morgan fingerprint density at radius 1 is 1.57 bits per heavy atom. The molecule has 0 aromatic heterocycles. The number of carboxylic acids is 1. The first-order valence-electron chi connectivity index (χ1n) is 4.14. The van der Waals surface area contributed by atoms with Crippen molar-refractivity contribution in [3.8, 4) is 0 Å². The molecule has 0 aliphatic heterocycles. The molecule has 0 aliphatic rings. The van der Waals surface area contributed by atoms with Crippen molar-refractivity contribution in [2.75, 3.05) is 0 Å². The summed E-state index contributed by atoms with van der Waals surface area (Å²) in [6.45, 7) is 2.99. The minimum absolute atomic E-state index is 0.00407. The van der Waals surface area contributed by atoms with Gasteiger partial charge in [0.05, 0.1) is 0 Å². The highest BCUT2D eigenvalue weighted by Crippen LogP contribution is 2.22. The van der Waals surface area contributed by atoms with Crippen LogP contribution >= 0.6 is 0 Å². The standard InChI is InChI=1S/C10H12FNO2/c1-6-3-4-7(8(11)5-6)10(2,12)9(13)14/h3-5H,12H2,1-2H3,(H,13,14). The van der Waals surface area contributed by atoms with Crippen molar-refractivity contribution < 1.29 is 14.3 Å². The minimum atomic E-state index is -1.68. The summed E-state index contributed by atoms with van der Waals surface area (Å²) in [5, 5.41) is 8.80. The Hall–Kier alpha value is -1.42. The van der Waals surface area contributed by atoms with Gasteiger partial charge in [0.1, 0.15) is 11.4 Å². The Kier molecular flexibility index (Phi) is 2.57. The van der Waals surface area contributed by atoms with E-state index in [2.05, 4.69) is 0 Å². The van der Waals surface area contributed by atoms with Gasteiger partial charge in [0.15, 0.2) is 0 Å². The summed E-state index contributed by atoms with van der Waals surface area (Å²) in [5.74, 6) is -1.84. The van der Waals surface area contributed by atoms with E-state index in [1.165, 1.54) is 19.1 Å². The van der Waals surface area contributed by atoms with E-state index in [1.807, 2.05) is 0 Å². The number of hydrogen-bond acceptors (Lipinski definition) is 2. The molecular formula is C10H12FNO2. The van der Waals surface area contributed by atoms with E-state index in [-0.39, 0.29) is 5.56 Å². The summed E-state index contributed by atoms with van der Waals surface area (Å²) in [6, 6.07) is 4.30. The largest absolute Gasteiger partial charge is 0.480 e. The molecule has 0 spiro atoms. The molecule has 1 unspecified atom stereocenters. The molecule has 14 heavy (non-hydrogen) atoms. The maximum Gasteiger partial charge on any atom is 0.328 e. The van der Waals surface area contributed by atoms with Crippen LogP contribution in [0.1, 0.15) is 18.1 Å². The summed E-state index contributed by atoms with van der Waals surface area (Å²) >= 11 is 0. The second-order valence-corrected chi connectivity index (χ2v) is 3.49. The summed E-state index contributed by atoms with van der Waals surface area (Å²) in [4.78, 5) is 10.8. The van der Waals surface area contributed by atoms with Gasteiger partial charge in [-0.25, -0.2) is 9.18 Å². The normalized spacial score (nSPS) is 14.9. The van der Waals surface area contributed by atoms with E-state index in [9.17, 15) is 9.18 Å².